The van der Waals surface area contributed by atoms with Gasteiger partial charge in [0.25, 0.3) is 0 Å². The lowest BCUT2D eigenvalue weighted by Crippen LogP contribution is -2.36. The van der Waals surface area contributed by atoms with Gasteiger partial charge in [0.2, 0.25) is 0 Å². The van der Waals surface area contributed by atoms with Gasteiger partial charge in [0.05, 0.1) is 6.61 Å². The number of carbonyl (C=O) groups is 1. The molecule has 1 unspecified atom stereocenters. The van der Waals surface area contributed by atoms with Crippen LogP contribution in [-0.2, 0) is 16.0 Å². The lowest BCUT2D eigenvalue weighted by atomic mass is 10.2. The van der Waals surface area contributed by atoms with Gasteiger partial charge in [0.15, 0.2) is 0 Å². The van der Waals surface area contributed by atoms with E-state index in [1.807, 2.05) is 26.0 Å². The van der Waals surface area contributed by atoms with Crippen molar-refractivity contribution in [1.29, 1.82) is 0 Å². The Bertz CT molecular complexity index is 314. The number of rotatable bonds is 6. The highest BCUT2D eigenvalue weighted by atomic mass is 16.5. The molecule has 4 heteroatoms. The van der Waals surface area contributed by atoms with Crippen molar-refractivity contribution in [2.45, 2.75) is 26.3 Å². The SMILES string of the molecule is CCOC(=O)C(C)NCCc1ccncc1. The summed E-state index contributed by atoms with van der Waals surface area (Å²) in [6, 6.07) is 3.69. The van der Waals surface area contributed by atoms with Gasteiger partial charge in [0.1, 0.15) is 6.04 Å². The lowest BCUT2D eigenvalue weighted by Gasteiger charge is -2.12. The number of nitrogens with zero attached hydrogens (tertiary/aromatic N) is 1. The summed E-state index contributed by atoms with van der Waals surface area (Å²) >= 11 is 0. The highest BCUT2D eigenvalue weighted by Gasteiger charge is 2.11. The Balaban J connectivity index is 2.23. The van der Waals surface area contributed by atoms with Gasteiger partial charge in [-0.15, -0.1) is 0 Å². The third-order valence-corrected chi connectivity index (χ3v) is 2.25. The highest BCUT2D eigenvalue weighted by Crippen LogP contribution is 1.96. The minimum absolute atomic E-state index is 0.197. The average Bonchev–Trinajstić information content (AvgIpc) is 2.30. The topological polar surface area (TPSA) is 51.2 Å². The molecule has 1 heterocycles. The summed E-state index contributed by atoms with van der Waals surface area (Å²) in [5, 5.41) is 3.12. The number of aromatic nitrogens is 1. The van der Waals surface area contributed by atoms with Crippen molar-refractivity contribution in [2.24, 2.45) is 0 Å². The largest absolute Gasteiger partial charge is 0.465 e. The summed E-state index contributed by atoms with van der Waals surface area (Å²) in [6.45, 7) is 4.80. The minimum Gasteiger partial charge on any atom is -0.465 e. The van der Waals surface area contributed by atoms with Gasteiger partial charge >= 0.3 is 5.97 Å². The molecule has 0 saturated carbocycles. The van der Waals surface area contributed by atoms with E-state index in [0.29, 0.717) is 6.61 Å². The molecule has 0 amide bonds. The van der Waals surface area contributed by atoms with Crippen LogP contribution in [0.15, 0.2) is 24.5 Å². The second-order valence-corrected chi connectivity index (χ2v) is 3.53. The molecule has 1 aromatic rings. The Labute approximate surface area is 96.0 Å². The quantitative estimate of drug-likeness (QED) is 0.734. The summed E-state index contributed by atoms with van der Waals surface area (Å²) < 4.78 is 4.89. The summed E-state index contributed by atoms with van der Waals surface area (Å²) in [6.07, 6.45) is 4.42. The fraction of sp³-hybridized carbons (Fsp3) is 0.500. The molecular weight excluding hydrogens is 204 g/mol. The molecule has 0 bridgehead atoms. The predicted octanol–water partition coefficient (Wildman–Crippen LogP) is 1.17. The minimum atomic E-state index is -0.248. The molecule has 0 spiro atoms. The van der Waals surface area contributed by atoms with Crippen molar-refractivity contribution in [3.8, 4) is 0 Å². The van der Waals surface area contributed by atoms with Crippen molar-refractivity contribution in [1.82, 2.24) is 10.3 Å². The molecule has 0 aliphatic rings. The van der Waals surface area contributed by atoms with Crippen LogP contribution in [0.4, 0.5) is 0 Å². The molecule has 1 N–H and O–H groups in total. The highest BCUT2D eigenvalue weighted by molar-refractivity contribution is 5.75. The molecule has 0 aliphatic carbocycles. The Morgan fingerprint density at radius 1 is 1.50 bits per heavy atom. The molecule has 0 aliphatic heterocycles. The monoisotopic (exact) mass is 222 g/mol. The first kappa shape index (κ1) is 12.6. The molecule has 0 saturated heterocycles. The predicted molar refractivity (Wildman–Crippen MR) is 62.0 cm³/mol. The third-order valence-electron chi connectivity index (χ3n) is 2.25. The number of hydrogen-bond donors (Lipinski definition) is 1. The molecule has 0 aromatic carbocycles. The standard InChI is InChI=1S/C12H18N2O2/c1-3-16-12(15)10(2)14-9-6-11-4-7-13-8-5-11/h4-5,7-8,10,14H,3,6,9H2,1-2H3. The Kier molecular flexibility index (Phi) is 5.50. The van der Waals surface area contributed by atoms with Gasteiger partial charge in [-0.25, -0.2) is 0 Å². The number of pyridine rings is 1. The van der Waals surface area contributed by atoms with Crippen molar-refractivity contribution in [3.63, 3.8) is 0 Å². The zero-order valence-corrected chi connectivity index (χ0v) is 9.77. The van der Waals surface area contributed by atoms with Crippen molar-refractivity contribution >= 4 is 5.97 Å². The smallest absolute Gasteiger partial charge is 0.322 e. The van der Waals surface area contributed by atoms with E-state index in [9.17, 15) is 4.79 Å². The summed E-state index contributed by atoms with van der Waals surface area (Å²) in [5.41, 5.74) is 1.21. The van der Waals surface area contributed by atoms with Crippen molar-refractivity contribution in [2.75, 3.05) is 13.2 Å². The van der Waals surface area contributed by atoms with Gasteiger partial charge < -0.3 is 10.1 Å². The Hall–Kier alpha value is -1.42. The van der Waals surface area contributed by atoms with E-state index in [4.69, 9.17) is 4.74 Å². The number of ether oxygens (including phenoxy) is 1. The summed E-state index contributed by atoms with van der Waals surface area (Å²) in [5.74, 6) is -0.197. The fourth-order valence-electron chi connectivity index (χ4n) is 1.33. The van der Waals surface area contributed by atoms with E-state index in [1.54, 1.807) is 12.4 Å². The maximum Gasteiger partial charge on any atom is 0.322 e. The number of esters is 1. The second kappa shape index (κ2) is 6.95. The van der Waals surface area contributed by atoms with Crippen LogP contribution in [0.25, 0.3) is 0 Å². The Morgan fingerprint density at radius 3 is 2.81 bits per heavy atom. The Morgan fingerprint density at radius 2 is 2.19 bits per heavy atom. The molecule has 88 valence electrons. The van der Waals surface area contributed by atoms with E-state index < -0.39 is 0 Å². The molecule has 16 heavy (non-hydrogen) atoms. The molecular formula is C12H18N2O2. The lowest BCUT2D eigenvalue weighted by molar-refractivity contribution is -0.145. The van der Waals surface area contributed by atoms with Gasteiger partial charge in [-0.1, -0.05) is 0 Å². The molecule has 1 rings (SSSR count). The number of nitrogens with one attached hydrogen (secondary N) is 1. The zero-order valence-electron chi connectivity index (χ0n) is 9.77. The summed E-state index contributed by atoms with van der Waals surface area (Å²) in [4.78, 5) is 15.2. The molecule has 1 atom stereocenters. The van der Waals surface area contributed by atoms with Crippen LogP contribution in [0.5, 0.6) is 0 Å². The first-order valence-corrected chi connectivity index (χ1v) is 5.53. The van der Waals surface area contributed by atoms with Crippen LogP contribution in [0.2, 0.25) is 0 Å². The van der Waals surface area contributed by atoms with Crippen LogP contribution >= 0.6 is 0 Å². The molecule has 0 fully saturated rings. The van der Waals surface area contributed by atoms with Gasteiger partial charge in [-0.2, -0.15) is 0 Å². The maximum atomic E-state index is 11.3. The first-order valence-electron chi connectivity index (χ1n) is 5.53. The van der Waals surface area contributed by atoms with Crippen LogP contribution in [-0.4, -0.2) is 30.1 Å². The molecule has 0 radical (unpaired) electrons. The van der Waals surface area contributed by atoms with Crippen LogP contribution in [0.1, 0.15) is 19.4 Å². The van der Waals surface area contributed by atoms with E-state index >= 15 is 0 Å². The van der Waals surface area contributed by atoms with E-state index in [-0.39, 0.29) is 12.0 Å². The number of carbonyl (C=O) groups excluding carboxylic acids is 1. The van der Waals surface area contributed by atoms with Crippen LogP contribution < -0.4 is 5.32 Å². The van der Waals surface area contributed by atoms with E-state index in [1.165, 1.54) is 5.56 Å². The normalized spacial score (nSPS) is 12.1. The average molecular weight is 222 g/mol. The third kappa shape index (κ3) is 4.40. The zero-order chi connectivity index (χ0) is 11.8. The van der Waals surface area contributed by atoms with Crippen molar-refractivity contribution in [3.05, 3.63) is 30.1 Å². The molecule has 4 nitrogen and oxygen atoms in total. The number of hydrogen-bond acceptors (Lipinski definition) is 4. The first-order chi connectivity index (χ1) is 7.74. The maximum absolute atomic E-state index is 11.3. The molecule has 1 aromatic heterocycles. The summed E-state index contributed by atoms with van der Waals surface area (Å²) in [7, 11) is 0. The van der Waals surface area contributed by atoms with Gasteiger partial charge in [0, 0.05) is 12.4 Å². The van der Waals surface area contributed by atoms with Crippen LogP contribution in [0, 0.1) is 0 Å². The fourth-order valence-corrected chi connectivity index (χ4v) is 1.33. The van der Waals surface area contributed by atoms with Gasteiger partial charge in [-0.05, 0) is 44.5 Å². The second-order valence-electron chi connectivity index (χ2n) is 3.53. The van der Waals surface area contributed by atoms with E-state index in [0.717, 1.165) is 13.0 Å². The van der Waals surface area contributed by atoms with Crippen LogP contribution in [0.3, 0.4) is 0 Å². The van der Waals surface area contributed by atoms with Crippen molar-refractivity contribution < 1.29 is 9.53 Å². The van der Waals surface area contributed by atoms with Gasteiger partial charge in [-0.3, -0.25) is 9.78 Å². The van der Waals surface area contributed by atoms with E-state index in [2.05, 4.69) is 10.3 Å².